The lowest BCUT2D eigenvalue weighted by atomic mass is 10.3. The third kappa shape index (κ3) is 3.37. The molecule has 0 fully saturated rings. The number of ether oxygens (including phenoxy) is 2. The fourth-order valence-corrected chi connectivity index (χ4v) is 1.79. The second-order valence-electron chi connectivity index (χ2n) is 3.89. The molecule has 3 nitrogen and oxygen atoms in total. The molecule has 0 saturated heterocycles. The highest BCUT2D eigenvalue weighted by Gasteiger charge is 2.02. The van der Waals surface area contributed by atoms with E-state index < -0.39 is 0 Å². The largest absolute Gasteiger partial charge is 0.497 e. The molecule has 0 bridgehead atoms. The van der Waals surface area contributed by atoms with Crippen molar-refractivity contribution in [2.75, 3.05) is 7.11 Å². The maximum Gasteiger partial charge on any atom is 0.130 e. The van der Waals surface area contributed by atoms with Crippen LogP contribution in [0.25, 0.3) is 0 Å². The maximum absolute atomic E-state index is 5.88. The Morgan fingerprint density at radius 3 is 2.72 bits per heavy atom. The highest BCUT2D eigenvalue weighted by Crippen LogP contribution is 2.19. The van der Waals surface area contributed by atoms with Gasteiger partial charge in [0.1, 0.15) is 18.1 Å². The Bertz CT molecular complexity index is 543. The Morgan fingerprint density at radius 2 is 2.00 bits per heavy atom. The predicted octanol–water partition coefficient (Wildman–Crippen LogP) is 3.63. The molecule has 4 heteroatoms. The van der Waals surface area contributed by atoms with Gasteiger partial charge in [-0.3, -0.25) is 4.98 Å². The van der Waals surface area contributed by atoms with Crippen LogP contribution < -0.4 is 9.47 Å². The topological polar surface area (TPSA) is 31.4 Å². The SMILES string of the molecule is COc1cc(C)nc(COc2cccc(Cl)c2)c1. The smallest absolute Gasteiger partial charge is 0.130 e. The summed E-state index contributed by atoms with van der Waals surface area (Å²) in [6.07, 6.45) is 0. The molecule has 0 aliphatic carbocycles. The minimum absolute atomic E-state index is 0.387. The van der Waals surface area contributed by atoms with Gasteiger partial charge in [-0.25, -0.2) is 0 Å². The summed E-state index contributed by atoms with van der Waals surface area (Å²) in [4.78, 5) is 4.38. The molecular formula is C14H14ClNO2. The fraction of sp³-hybridized carbons (Fsp3) is 0.214. The lowest BCUT2D eigenvalue weighted by Gasteiger charge is -2.08. The fourth-order valence-electron chi connectivity index (χ4n) is 1.61. The zero-order valence-corrected chi connectivity index (χ0v) is 11.1. The lowest BCUT2D eigenvalue weighted by Crippen LogP contribution is -2.00. The van der Waals surface area contributed by atoms with Crippen LogP contribution in [0.4, 0.5) is 0 Å². The predicted molar refractivity (Wildman–Crippen MR) is 71.3 cm³/mol. The van der Waals surface area contributed by atoms with Crippen molar-refractivity contribution in [1.29, 1.82) is 0 Å². The first-order chi connectivity index (χ1) is 8.67. The summed E-state index contributed by atoms with van der Waals surface area (Å²) in [5, 5.41) is 0.655. The van der Waals surface area contributed by atoms with Crippen molar-refractivity contribution >= 4 is 11.6 Å². The Hall–Kier alpha value is -1.74. The molecule has 94 valence electrons. The summed E-state index contributed by atoms with van der Waals surface area (Å²) in [5.41, 5.74) is 1.73. The number of halogens is 1. The number of nitrogens with zero attached hydrogens (tertiary/aromatic N) is 1. The molecule has 0 N–H and O–H groups in total. The van der Waals surface area contributed by atoms with Crippen LogP contribution in [-0.4, -0.2) is 12.1 Å². The zero-order valence-electron chi connectivity index (χ0n) is 10.3. The molecule has 1 aromatic carbocycles. The molecule has 0 saturated carbocycles. The highest BCUT2D eigenvalue weighted by atomic mass is 35.5. The molecule has 0 atom stereocenters. The summed E-state index contributed by atoms with van der Waals surface area (Å²) in [6, 6.07) is 11.0. The van der Waals surface area contributed by atoms with E-state index in [4.69, 9.17) is 21.1 Å². The average molecular weight is 264 g/mol. The van der Waals surface area contributed by atoms with Gasteiger partial charge in [0, 0.05) is 22.8 Å². The summed E-state index contributed by atoms with van der Waals surface area (Å²) in [6.45, 7) is 2.31. The van der Waals surface area contributed by atoms with Gasteiger partial charge in [0.15, 0.2) is 0 Å². The van der Waals surface area contributed by atoms with Gasteiger partial charge in [0.25, 0.3) is 0 Å². The standard InChI is InChI=1S/C14H14ClNO2/c1-10-6-14(17-2)8-12(16-10)9-18-13-5-3-4-11(15)7-13/h3-8H,9H2,1-2H3. The molecule has 0 amide bonds. The van der Waals surface area contributed by atoms with Crippen molar-refractivity contribution in [3.8, 4) is 11.5 Å². The van der Waals surface area contributed by atoms with Crippen LogP contribution in [0.5, 0.6) is 11.5 Å². The number of aryl methyl sites for hydroxylation is 1. The molecule has 1 aromatic heterocycles. The van der Waals surface area contributed by atoms with E-state index in [-0.39, 0.29) is 0 Å². The first kappa shape index (κ1) is 12.7. The van der Waals surface area contributed by atoms with Crippen LogP contribution in [-0.2, 0) is 6.61 Å². The normalized spacial score (nSPS) is 10.2. The zero-order chi connectivity index (χ0) is 13.0. The van der Waals surface area contributed by atoms with Gasteiger partial charge in [-0.2, -0.15) is 0 Å². The maximum atomic E-state index is 5.88. The number of hydrogen-bond donors (Lipinski definition) is 0. The lowest BCUT2D eigenvalue weighted by molar-refractivity contribution is 0.300. The van der Waals surface area contributed by atoms with Gasteiger partial charge in [0.05, 0.1) is 12.8 Å². The summed E-state index contributed by atoms with van der Waals surface area (Å²) < 4.78 is 10.8. The average Bonchev–Trinajstić information content (AvgIpc) is 2.36. The van der Waals surface area contributed by atoms with Crippen LogP contribution in [0, 0.1) is 6.92 Å². The number of rotatable bonds is 4. The van der Waals surface area contributed by atoms with Gasteiger partial charge >= 0.3 is 0 Å². The third-order valence-corrected chi connectivity index (χ3v) is 2.63. The number of benzene rings is 1. The molecular weight excluding hydrogens is 250 g/mol. The Kier molecular flexibility index (Phi) is 4.05. The second-order valence-corrected chi connectivity index (χ2v) is 4.32. The van der Waals surface area contributed by atoms with E-state index in [0.717, 1.165) is 22.9 Å². The van der Waals surface area contributed by atoms with Crippen LogP contribution in [0.2, 0.25) is 5.02 Å². The summed E-state index contributed by atoms with van der Waals surface area (Å²) in [5.74, 6) is 1.51. The molecule has 0 unspecified atom stereocenters. The summed E-state index contributed by atoms with van der Waals surface area (Å²) >= 11 is 5.88. The van der Waals surface area contributed by atoms with E-state index in [1.807, 2.05) is 37.3 Å². The van der Waals surface area contributed by atoms with Gasteiger partial charge in [-0.05, 0) is 25.1 Å². The van der Waals surface area contributed by atoms with Gasteiger partial charge in [-0.1, -0.05) is 17.7 Å². The Morgan fingerprint density at radius 1 is 1.17 bits per heavy atom. The van der Waals surface area contributed by atoms with Crippen molar-refractivity contribution in [2.24, 2.45) is 0 Å². The molecule has 0 aliphatic heterocycles. The number of hydrogen-bond acceptors (Lipinski definition) is 3. The van der Waals surface area contributed by atoms with Crippen molar-refractivity contribution in [3.63, 3.8) is 0 Å². The molecule has 2 rings (SSSR count). The van der Waals surface area contributed by atoms with Crippen LogP contribution in [0.1, 0.15) is 11.4 Å². The quantitative estimate of drug-likeness (QED) is 0.844. The van der Waals surface area contributed by atoms with Crippen molar-refractivity contribution in [3.05, 3.63) is 52.8 Å². The van der Waals surface area contributed by atoms with Gasteiger partial charge in [-0.15, -0.1) is 0 Å². The Labute approximate surface area is 111 Å². The third-order valence-electron chi connectivity index (χ3n) is 2.40. The van der Waals surface area contributed by atoms with E-state index in [9.17, 15) is 0 Å². The number of methoxy groups -OCH3 is 1. The monoisotopic (exact) mass is 263 g/mol. The number of aromatic nitrogens is 1. The summed E-state index contributed by atoms with van der Waals surface area (Å²) in [7, 11) is 1.64. The minimum Gasteiger partial charge on any atom is -0.497 e. The van der Waals surface area contributed by atoms with Crippen molar-refractivity contribution in [1.82, 2.24) is 4.98 Å². The van der Waals surface area contributed by atoms with Gasteiger partial charge < -0.3 is 9.47 Å². The first-order valence-electron chi connectivity index (χ1n) is 5.57. The molecule has 0 spiro atoms. The molecule has 1 heterocycles. The van der Waals surface area contributed by atoms with E-state index in [1.54, 1.807) is 13.2 Å². The van der Waals surface area contributed by atoms with E-state index in [2.05, 4.69) is 4.98 Å². The van der Waals surface area contributed by atoms with E-state index in [1.165, 1.54) is 0 Å². The van der Waals surface area contributed by atoms with Crippen LogP contribution in [0.15, 0.2) is 36.4 Å². The Balaban J connectivity index is 2.08. The highest BCUT2D eigenvalue weighted by molar-refractivity contribution is 6.30. The molecule has 2 aromatic rings. The molecule has 0 radical (unpaired) electrons. The van der Waals surface area contributed by atoms with E-state index in [0.29, 0.717) is 11.6 Å². The number of pyridine rings is 1. The van der Waals surface area contributed by atoms with Crippen LogP contribution >= 0.6 is 11.6 Å². The first-order valence-corrected chi connectivity index (χ1v) is 5.95. The van der Waals surface area contributed by atoms with Crippen LogP contribution in [0.3, 0.4) is 0 Å². The van der Waals surface area contributed by atoms with Crippen molar-refractivity contribution < 1.29 is 9.47 Å². The molecule has 18 heavy (non-hydrogen) atoms. The minimum atomic E-state index is 0.387. The van der Waals surface area contributed by atoms with Gasteiger partial charge in [0.2, 0.25) is 0 Å². The molecule has 0 aliphatic rings. The van der Waals surface area contributed by atoms with E-state index >= 15 is 0 Å². The second kappa shape index (κ2) is 5.74. The van der Waals surface area contributed by atoms with Crippen molar-refractivity contribution in [2.45, 2.75) is 13.5 Å².